The van der Waals surface area contributed by atoms with E-state index >= 15 is 0 Å². The first-order valence-electron chi connectivity index (χ1n) is 1.02. The maximum atomic E-state index is 8.78. The van der Waals surface area contributed by atoms with E-state index in [9.17, 15) is 0 Å². The van der Waals surface area contributed by atoms with Gasteiger partial charge in [0.05, 0.1) is 0 Å². The summed E-state index contributed by atoms with van der Waals surface area (Å²) < 4.78 is 50.8. The summed E-state index contributed by atoms with van der Waals surface area (Å²) in [6, 6.07) is 0. The van der Waals surface area contributed by atoms with Crippen LogP contribution < -0.4 is 17.4 Å². The fourth-order valence-corrected chi connectivity index (χ4v) is 0. The molecule has 0 rings (SSSR count). The van der Waals surface area contributed by atoms with Crippen molar-refractivity contribution in [2.24, 2.45) is 0 Å². The predicted octanol–water partition coefficient (Wildman–Crippen LogP) is -6.88. The second-order valence-electron chi connectivity index (χ2n) is 1.05. The van der Waals surface area contributed by atoms with Gasteiger partial charge in [-0.1, -0.05) is 0 Å². The van der Waals surface area contributed by atoms with Crippen LogP contribution in [0.4, 0.5) is 0 Å². The Kier molecular flexibility index (Phi) is 0.900. The molecule has 48 valence electrons. The minimum atomic E-state index is -9.43. The number of rotatable bonds is 0. The molecule has 0 aliphatic heterocycles. The van der Waals surface area contributed by atoms with E-state index in [1.165, 1.54) is 0 Å². The van der Waals surface area contributed by atoms with Gasteiger partial charge in [0.25, 0.3) is 0 Å². The summed E-state index contributed by atoms with van der Waals surface area (Å²) in [6.07, 6.45) is 0. The van der Waals surface area contributed by atoms with Gasteiger partial charge >= 0.3 is 38.7 Å². The molecule has 0 amide bonds. The van der Waals surface area contributed by atoms with Gasteiger partial charge in [0, 0.05) is 0 Å². The van der Waals surface area contributed by atoms with E-state index in [1.807, 2.05) is 0 Å². The molecule has 0 saturated carbocycles. The molecule has 0 heterocycles. The van der Waals surface area contributed by atoms with Crippen LogP contribution in [0.1, 0.15) is 0 Å². The molecule has 0 aromatic carbocycles. The average Bonchev–Trinajstić information content (AvgIpc) is 0.592. The fourth-order valence-electron chi connectivity index (χ4n) is 0. The van der Waals surface area contributed by atoms with E-state index in [-0.39, 0.29) is 0 Å². The molecule has 0 radical (unpaired) electrons. The van der Waals surface area contributed by atoms with Crippen molar-refractivity contribution in [1.82, 2.24) is 0 Å². The molecule has 0 fully saturated rings. The summed E-state index contributed by atoms with van der Waals surface area (Å²) in [6.45, 7) is 0. The summed E-state index contributed by atoms with van der Waals surface area (Å²) in [7, 11) is 0. The Bertz CT molecular complexity index is 62.7. The minimum absolute atomic E-state index is 6.86. The van der Waals surface area contributed by atoms with Crippen LogP contribution in [-0.4, -0.2) is 21.4 Å². The van der Waals surface area contributed by atoms with E-state index in [1.54, 1.807) is 0 Å². The first-order valence-corrected chi connectivity index (χ1v) is 6.81. The first kappa shape index (κ1) is 7.55. The molecular weight excluding hydrogens is 224 g/mol. The third kappa shape index (κ3) is 449. The average molecular weight is 225 g/mol. The molecule has 1 N–H and O–H groups in total. The summed E-state index contributed by atoms with van der Waals surface area (Å²) >= 11 is -9.43. The molecule has 0 unspecified atom stereocenters. The second kappa shape index (κ2) is 0.834. The molecule has 0 bridgehead atoms. The summed E-state index contributed by atoms with van der Waals surface area (Å²) in [5.41, 5.74) is 0. The zero-order chi connectivity index (χ0) is 6.41. The van der Waals surface area contributed by atoms with Crippen LogP contribution in [0.2, 0.25) is 0 Å². The predicted molar refractivity (Wildman–Crippen MR) is 7.97 cm³/mol. The molecule has 7 heteroatoms. The molecule has 7 heavy (non-hydrogen) atoms. The Morgan fingerprint density at radius 2 is 0.857 bits per heavy atom. The Hall–Kier alpha value is 0.550. The third-order valence-electron chi connectivity index (χ3n) is 0. The second-order valence-corrected chi connectivity index (χ2v) is 7.06. The summed E-state index contributed by atoms with van der Waals surface area (Å²) in [4.78, 5) is 0. The van der Waals surface area contributed by atoms with Gasteiger partial charge in [-0.15, -0.1) is 0 Å². The zero-order valence-electron chi connectivity index (χ0n) is 2.90. The monoisotopic (exact) mass is 227 g/mol. The molecule has 0 aromatic heterocycles. The van der Waals surface area contributed by atoms with Crippen LogP contribution in [0.25, 0.3) is 0 Å². The Balaban J connectivity index is 4.43. The third-order valence-corrected chi connectivity index (χ3v) is 0. The van der Waals surface area contributed by atoms with Crippen molar-refractivity contribution in [3.05, 3.63) is 0 Å². The zero-order valence-corrected chi connectivity index (χ0v) is 5.23. The van der Waals surface area contributed by atoms with Crippen LogP contribution in [0.5, 0.6) is 0 Å². The van der Waals surface area contributed by atoms with Crippen molar-refractivity contribution in [3.8, 4) is 0 Å². The summed E-state index contributed by atoms with van der Waals surface area (Å²) in [5.74, 6) is 0. The van der Waals surface area contributed by atoms with Crippen molar-refractivity contribution < 1.29 is 20.8 Å². The molecular formula is HO6Te-5. The van der Waals surface area contributed by atoms with Crippen molar-refractivity contribution >= 4 is 17.9 Å². The van der Waals surface area contributed by atoms with Gasteiger partial charge < -0.3 is 0 Å². The van der Waals surface area contributed by atoms with Crippen LogP contribution in [0.15, 0.2) is 0 Å². The molecule has 0 aromatic rings. The van der Waals surface area contributed by atoms with Gasteiger partial charge in [-0.2, -0.15) is 0 Å². The quantitative estimate of drug-likeness (QED) is 0.406. The van der Waals surface area contributed by atoms with E-state index in [4.69, 9.17) is 20.8 Å². The standard InChI is InChI=1S/H6O6Te/c1-7(2,3,4,5)6/h1-6H/p-5. The van der Waals surface area contributed by atoms with E-state index < -0.39 is 17.9 Å². The van der Waals surface area contributed by atoms with Crippen LogP contribution in [-0.2, 0) is 0 Å². The topological polar surface area (TPSA) is 136 Å². The van der Waals surface area contributed by atoms with Crippen LogP contribution in [0.3, 0.4) is 0 Å². The van der Waals surface area contributed by atoms with Gasteiger partial charge in [0.1, 0.15) is 0 Å². The summed E-state index contributed by atoms with van der Waals surface area (Å²) in [5, 5.41) is 0. The molecule has 6 nitrogen and oxygen atoms in total. The van der Waals surface area contributed by atoms with Crippen molar-refractivity contribution in [3.63, 3.8) is 0 Å². The van der Waals surface area contributed by atoms with Gasteiger partial charge in [-0.25, -0.2) is 0 Å². The molecule has 0 atom stereocenters. The van der Waals surface area contributed by atoms with Crippen molar-refractivity contribution in [1.29, 1.82) is 0 Å². The van der Waals surface area contributed by atoms with E-state index in [0.29, 0.717) is 0 Å². The molecule has 0 saturated heterocycles. The van der Waals surface area contributed by atoms with Gasteiger partial charge in [0.15, 0.2) is 0 Å². The normalized spacial score (nSPS) is 23.1. The Labute approximate surface area is 39.3 Å². The van der Waals surface area contributed by atoms with Gasteiger partial charge in [-0.3, -0.25) is 0 Å². The van der Waals surface area contributed by atoms with Gasteiger partial charge in [0.2, 0.25) is 0 Å². The van der Waals surface area contributed by atoms with E-state index in [2.05, 4.69) is 0 Å². The fraction of sp³-hybridized carbons (Fsp3) is 0. The maximum absolute atomic E-state index is 9.43. The van der Waals surface area contributed by atoms with Crippen molar-refractivity contribution in [2.45, 2.75) is 0 Å². The molecule has 0 aliphatic carbocycles. The Morgan fingerprint density at radius 3 is 0.857 bits per heavy atom. The van der Waals surface area contributed by atoms with Gasteiger partial charge in [-0.05, 0) is 0 Å². The molecule has 0 spiro atoms. The number of hydrogen-bond acceptors (Lipinski definition) is 6. The van der Waals surface area contributed by atoms with Crippen LogP contribution in [0, 0.1) is 0 Å². The van der Waals surface area contributed by atoms with E-state index in [0.717, 1.165) is 0 Å². The first-order chi connectivity index (χ1) is 2.45. The number of hydrogen-bond donors (Lipinski definition) is 1. The Morgan fingerprint density at radius 1 is 0.857 bits per heavy atom. The van der Waals surface area contributed by atoms with Crippen molar-refractivity contribution in [2.75, 3.05) is 0 Å². The molecule has 0 aliphatic rings. The van der Waals surface area contributed by atoms with Crippen LogP contribution >= 0.6 is 0 Å². The SMILES string of the molecule is [O-][Te]([O-])([O-])([O-])([O-])O.